The molecule has 0 bridgehead atoms. The summed E-state index contributed by atoms with van der Waals surface area (Å²) in [6, 6.07) is 5.41. The third-order valence-electron chi connectivity index (χ3n) is 2.40. The molecule has 0 aliphatic rings. The van der Waals surface area contributed by atoms with Crippen molar-refractivity contribution in [3.8, 4) is 0 Å². The van der Waals surface area contributed by atoms with Crippen molar-refractivity contribution in [3.05, 3.63) is 34.3 Å². The molecule has 2 aromatic rings. The molecule has 0 radical (unpaired) electrons. The molecule has 84 valence electrons. The number of aryl methyl sites for hydroxylation is 1. The first-order valence-electron chi connectivity index (χ1n) is 4.92. The van der Waals surface area contributed by atoms with Gasteiger partial charge in [0.25, 0.3) is 0 Å². The minimum Gasteiger partial charge on any atom is -0.408 e. The van der Waals surface area contributed by atoms with Gasteiger partial charge in [0, 0.05) is 7.05 Å². The standard InChI is InChI=1S/C11H12N2O3/c1-7-3-4-9-8(5-7)13(11(15)16-9)6-10(14)12-2/h3-5H,6H2,1-2H3,(H,12,14). The highest BCUT2D eigenvalue weighted by molar-refractivity contribution is 5.79. The van der Waals surface area contributed by atoms with E-state index in [1.54, 1.807) is 6.07 Å². The molecule has 5 nitrogen and oxygen atoms in total. The summed E-state index contributed by atoms with van der Waals surface area (Å²) < 4.78 is 6.35. The van der Waals surface area contributed by atoms with Gasteiger partial charge in [0.15, 0.2) is 5.58 Å². The molecule has 1 N–H and O–H groups in total. The summed E-state index contributed by atoms with van der Waals surface area (Å²) in [4.78, 5) is 22.8. The fourth-order valence-corrected chi connectivity index (χ4v) is 1.54. The second-order valence-corrected chi connectivity index (χ2v) is 3.60. The van der Waals surface area contributed by atoms with E-state index in [4.69, 9.17) is 4.42 Å². The summed E-state index contributed by atoms with van der Waals surface area (Å²) in [6.45, 7) is 1.90. The van der Waals surface area contributed by atoms with Crippen molar-refractivity contribution in [2.24, 2.45) is 0 Å². The molecule has 0 aliphatic heterocycles. The highest BCUT2D eigenvalue weighted by atomic mass is 16.4. The summed E-state index contributed by atoms with van der Waals surface area (Å²) in [5, 5.41) is 2.47. The van der Waals surface area contributed by atoms with Gasteiger partial charge in [-0.1, -0.05) is 6.07 Å². The molecule has 0 aliphatic carbocycles. The number of likely N-dealkylation sites (N-methyl/N-ethyl adjacent to an activating group) is 1. The summed E-state index contributed by atoms with van der Waals surface area (Å²) in [6.07, 6.45) is 0. The average molecular weight is 220 g/mol. The molecule has 2 rings (SSSR count). The number of hydrogen-bond donors (Lipinski definition) is 1. The van der Waals surface area contributed by atoms with Gasteiger partial charge in [0.2, 0.25) is 5.91 Å². The number of oxazole rings is 1. The predicted octanol–water partition coefficient (Wildman–Crippen LogP) is 0.649. The van der Waals surface area contributed by atoms with Crippen LogP contribution in [0.3, 0.4) is 0 Å². The van der Waals surface area contributed by atoms with Gasteiger partial charge in [0.05, 0.1) is 5.52 Å². The molecule has 0 fully saturated rings. The molecule has 0 saturated heterocycles. The van der Waals surface area contributed by atoms with Gasteiger partial charge in [0.1, 0.15) is 6.54 Å². The van der Waals surface area contributed by atoms with Crippen molar-refractivity contribution in [3.63, 3.8) is 0 Å². The van der Waals surface area contributed by atoms with Crippen LogP contribution in [0.25, 0.3) is 11.1 Å². The van der Waals surface area contributed by atoms with Crippen molar-refractivity contribution in [2.45, 2.75) is 13.5 Å². The molecule has 0 spiro atoms. The smallest absolute Gasteiger partial charge is 0.408 e. The molecule has 0 saturated carbocycles. The summed E-state index contributed by atoms with van der Waals surface area (Å²) in [5.74, 6) is -0.740. The van der Waals surface area contributed by atoms with E-state index in [2.05, 4.69) is 5.32 Å². The van der Waals surface area contributed by atoms with Crippen LogP contribution in [0, 0.1) is 6.92 Å². The number of aromatic nitrogens is 1. The molecule has 0 unspecified atom stereocenters. The topological polar surface area (TPSA) is 64.2 Å². The number of nitrogens with one attached hydrogen (secondary N) is 1. The van der Waals surface area contributed by atoms with Crippen LogP contribution in [0.1, 0.15) is 5.56 Å². The minimum atomic E-state index is -0.510. The van der Waals surface area contributed by atoms with Gasteiger partial charge in [-0.25, -0.2) is 4.79 Å². The van der Waals surface area contributed by atoms with Crippen LogP contribution in [-0.2, 0) is 11.3 Å². The molecule has 1 amide bonds. The van der Waals surface area contributed by atoms with Crippen LogP contribution in [0.15, 0.2) is 27.4 Å². The number of fused-ring (bicyclic) bond motifs is 1. The highest BCUT2D eigenvalue weighted by Gasteiger charge is 2.11. The van der Waals surface area contributed by atoms with E-state index in [1.807, 2.05) is 19.1 Å². The van der Waals surface area contributed by atoms with Crippen molar-refractivity contribution >= 4 is 17.0 Å². The zero-order chi connectivity index (χ0) is 11.7. The maximum atomic E-state index is 11.5. The van der Waals surface area contributed by atoms with Gasteiger partial charge in [-0.3, -0.25) is 9.36 Å². The van der Waals surface area contributed by atoms with Crippen LogP contribution in [0.2, 0.25) is 0 Å². The lowest BCUT2D eigenvalue weighted by molar-refractivity contribution is -0.121. The largest absolute Gasteiger partial charge is 0.420 e. The Kier molecular flexibility index (Phi) is 2.52. The Hall–Kier alpha value is -2.04. The number of nitrogens with zero attached hydrogens (tertiary/aromatic N) is 1. The zero-order valence-electron chi connectivity index (χ0n) is 9.11. The molecular formula is C11H12N2O3. The van der Waals surface area contributed by atoms with Crippen LogP contribution in [0.5, 0.6) is 0 Å². The van der Waals surface area contributed by atoms with Crippen LogP contribution < -0.4 is 11.1 Å². The maximum absolute atomic E-state index is 11.5. The van der Waals surface area contributed by atoms with Crippen molar-refractivity contribution in [2.75, 3.05) is 7.05 Å². The van der Waals surface area contributed by atoms with E-state index in [0.29, 0.717) is 11.1 Å². The lowest BCUT2D eigenvalue weighted by Gasteiger charge is -2.00. The van der Waals surface area contributed by atoms with Gasteiger partial charge < -0.3 is 9.73 Å². The Morgan fingerprint density at radius 1 is 1.50 bits per heavy atom. The number of amides is 1. The monoisotopic (exact) mass is 220 g/mol. The van der Waals surface area contributed by atoms with Gasteiger partial charge in [-0.15, -0.1) is 0 Å². The first-order chi connectivity index (χ1) is 7.61. The average Bonchev–Trinajstić information content (AvgIpc) is 2.55. The maximum Gasteiger partial charge on any atom is 0.420 e. The number of carbonyl (C=O) groups excluding carboxylic acids is 1. The second kappa shape index (κ2) is 3.84. The fraction of sp³-hybridized carbons (Fsp3) is 0.273. The molecule has 16 heavy (non-hydrogen) atoms. The summed E-state index contributed by atoms with van der Waals surface area (Å²) in [7, 11) is 1.53. The van der Waals surface area contributed by atoms with Crippen LogP contribution in [0.4, 0.5) is 0 Å². The fourth-order valence-electron chi connectivity index (χ4n) is 1.54. The van der Waals surface area contributed by atoms with Gasteiger partial charge >= 0.3 is 5.76 Å². The highest BCUT2D eigenvalue weighted by Crippen LogP contribution is 2.14. The molecule has 0 atom stereocenters. The minimum absolute atomic E-state index is 0.0220. The molecule has 1 heterocycles. The Morgan fingerprint density at radius 3 is 2.94 bits per heavy atom. The normalized spacial score (nSPS) is 10.6. The third kappa shape index (κ3) is 1.71. The second-order valence-electron chi connectivity index (χ2n) is 3.60. The lowest BCUT2D eigenvalue weighted by Crippen LogP contribution is -2.27. The zero-order valence-corrected chi connectivity index (χ0v) is 9.11. The predicted molar refractivity (Wildman–Crippen MR) is 59.3 cm³/mol. The molecule has 1 aromatic heterocycles. The first-order valence-corrected chi connectivity index (χ1v) is 4.92. The van der Waals surface area contributed by atoms with E-state index in [9.17, 15) is 9.59 Å². The van der Waals surface area contributed by atoms with Crippen molar-refractivity contribution in [1.82, 2.24) is 9.88 Å². The Balaban J connectivity index is 2.58. The van der Waals surface area contributed by atoms with Crippen molar-refractivity contribution < 1.29 is 9.21 Å². The Labute approximate surface area is 91.7 Å². The Bertz CT molecular complexity index is 595. The van der Waals surface area contributed by atoms with E-state index >= 15 is 0 Å². The lowest BCUT2D eigenvalue weighted by atomic mass is 10.2. The number of carbonyl (C=O) groups is 1. The quantitative estimate of drug-likeness (QED) is 0.808. The number of hydrogen-bond acceptors (Lipinski definition) is 3. The van der Waals surface area contributed by atoms with E-state index in [1.165, 1.54) is 11.6 Å². The van der Waals surface area contributed by atoms with Gasteiger partial charge in [-0.2, -0.15) is 0 Å². The van der Waals surface area contributed by atoms with Crippen LogP contribution in [-0.4, -0.2) is 17.5 Å². The SMILES string of the molecule is CNC(=O)Cn1c(=O)oc2ccc(C)cc21. The van der Waals surface area contributed by atoms with E-state index in [-0.39, 0.29) is 12.5 Å². The Morgan fingerprint density at radius 2 is 2.25 bits per heavy atom. The number of benzene rings is 1. The molecule has 5 heteroatoms. The molecular weight excluding hydrogens is 208 g/mol. The van der Waals surface area contributed by atoms with E-state index < -0.39 is 5.76 Å². The van der Waals surface area contributed by atoms with Gasteiger partial charge in [-0.05, 0) is 24.6 Å². The third-order valence-corrected chi connectivity index (χ3v) is 2.40. The number of rotatable bonds is 2. The molecule has 1 aromatic carbocycles. The van der Waals surface area contributed by atoms with Crippen LogP contribution >= 0.6 is 0 Å². The van der Waals surface area contributed by atoms with Crippen molar-refractivity contribution in [1.29, 1.82) is 0 Å². The first kappa shape index (κ1) is 10.5. The summed E-state index contributed by atoms with van der Waals surface area (Å²) in [5.41, 5.74) is 2.16. The summed E-state index contributed by atoms with van der Waals surface area (Å²) >= 11 is 0. The van der Waals surface area contributed by atoms with E-state index in [0.717, 1.165) is 5.56 Å².